The van der Waals surface area contributed by atoms with E-state index in [2.05, 4.69) is 43.2 Å². The molecule has 0 aliphatic carbocycles. The van der Waals surface area contributed by atoms with Crippen molar-refractivity contribution in [2.75, 3.05) is 16.9 Å². The zero-order valence-corrected chi connectivity index (χ0v) is 19.1. The molecule has 164 valence electrons. The summed E-state index contributed by atoms with van der Waals surface area (Å²) in [6, 6.07) is 15.8. The highest BCUT2D eigenvalue weighted by Gasteiger charge is 2.13. The highest BCUT2D eigenvalue weighted by molar-refractivity contribution is 7.99. The molecule has 0 aliphatic rings. The molecule has 3 aromatic rings. The Morgan fingerprint density at radius 3 is 2.45 bits per heavy atom. The SMILES string of the molecule is CC(C)c1ccc(OCc2nnc(SCC(=O)Nc3cccc(C(C)C)c3)n2N)cc1. The molecule has 1 amide bonds. The van der Waals surface area contributed by atoms with Gasteiger partial charge in [-0.1, -0.05) is 63.7 Å². The van der Waals surface area contributed by atoms with E-state index in [1.807, 2.05) is 48.5 Å². The van der Waals surface area contributed by atoms with Crippen LogP contribution in [0.25, 0.3) is 0 Å². The Kier molecular flexibility index (Phi) is 7.57. The fourth-order valence-corrected chi connectivity index (χ4v) is 3.58. The third-order valence-electron chi connectivity index (χ3n) is 4.82. The fourth-order valence-electron chi connectivity index (χ4n) is 2.90. The minimum absolute atomic E-state index is 0.128. The number of nitrogens with two attached hydrogens (primary N) is 1. The molecule has 0 radical (unpaired) electrons. The van der Waals surface area contributed by atoms with Crippen LogP contribution in [0.15, 0.2) is 53.7 Å². The topological polar surface area (TPSA) is 95.1 Å². The van der Waals surface area contributed by atoms with Gasteiger partial charge >= 0.3 is 0 Å². The summed E-state index contributed by atoms with van der Waals surface area (Å²) in [7, 11) is 0. The Morgan fingerprint density at radius 2 is 1.77 bits per heavy atom. The maximum atomic E-state index is 12.3. The van der Waals surface area contributed by atoms with E-state index >= 15 is 0 Å². The van der Waals surface area contributed by atoms with Crippen LogP contribution in [-0.2, 0) is 11.4 Å². The van der Waals surface area contributed by atoms with Crippen LogP contribution in [0.2, 0.25) is 0 Å². The first-order valence-electron chi connectivity index (χ1n) is 10.3. The smallest absolute Gasteiger partial charge is 0.234 e. The van der Waals surface area contributed by atoms with Crippen LogP contribution in [0, 0.1) is 0 Å². The summed E-state index contributed by atoms with van der Waals surface area (Å²) in [5.74, 6) is 8.23. The maximum Gasteiger partial charge on any atom is 0.234 e. The third-order valence-corrected chi connectivity index (χ3v) is 5.76. The number of ether oxygens (including phenoxy) is 1. The minimum atomic E-state index is -0.128. The van der Waals surface area contributed by atoms with Gasteiger partial charge in [-0.15, -0.1) is 10.2 Å². The first-order valence-corrected chi connectivity index (χ1v) is 11.3. The van der Waals surface area contributed by atoms with Crippen LogP contribution < -0.4 is 15.9 Å². The van der Waals surface area contributed by atoms with Crippen molar-refractivity contribution in [1.82, 2.24) is 14.9 Å². The van der Waals surface area contributed by atoms with Crippen LogP contribution in [0.3, 0.4) is 0 Å². The molecule has 3 rings (SSSR count). The molecular weight excluding hydrogens is 410 g/mol. The summed E-state index contributed by atoms with van der Waals surface area (Å²) in [5, 5.41) is 11.5. The van der Waals surface area contributed by atoms with Crippen molar-refractivity contribution in [2.24, 2.45) is 0 Å². The van der Waals surface area contributed by atoms with E-state index in [0.717, 1.165) is 11.4 Å². The molecule has 0 atom stereocenters. The number of carbonyl (C=O) groups is 1. The average Bonchev–Trinajstić information content (AvgIpc) is 3.10. The van der Waals surface area contributed by atoms with Crippen LogP contribution in [0.1, 0.15) is 56.5 Å². The number of aromatic nitrogens is 3. The van der Waals surface area contributed by atoms with E-state index < -0.39 is 0 Å². The number of hydrogen-bond donors (Lipinski definition) is 2. The summed E-state index contributed by atoms with van der Waals surface area (Å²) >= 11 is 1.23. The molecular formula is C23H29N5O2S. The number of benzene rings is 2. The van der Waals surface area contributed by atoms with Gasteiger partial charge in [0.1, 0.15) is 12.4 Å². The van der Waals surface area contributed by atoms with Crippen molar-refractivity contribution in [3.63, 3.8) is 0 Å². The van der Waals surface area contributed by atoms with Gasteiger partial charge in [0.25, 0.3) is 0 Å². The number of amides is 1. The van der Waals surface area contributed by atoms with E-state index in [1.54, 1.807) is 0 Å². The van der Waals surface area contributed by atoms with Gasteiger partial charge in [-0.2, -0.15) is 0 Å². The van der Waals surface area contributed by atoms with Crippen LogP contribution in [0.4, 0.5) is 5.69 Å². The molecule has 1 aromatic heterocycles. The highest BCUT2D eigenvalue weighted by atomic mass is 32.2. The number of nitrogen functional groups attached to an aromatic ring is 1. The predicted molar refractivity (Wildman–Crippen MR) is 125 cm³/mol. The Hall–Kier alpha value is -3.00. The van der Waals surface area contributed by atoms with Crippen molar-refractivity contribution in [3.8, 4) is 5.75 Å². The molecule has 7 nitrogen and oxygen atoms in total. The number of nitrogens with zero attached hydrogens (tertiary/aromatic N) is 3. The van der Waals surface area contributed by atoms with Crippen molar-refractivity contribution in [1.29, 1.82) is 0 Å². The van der Waals surface area contributed by atoms with Gasteiger partial charge in [0, 0.05) is 5.69 Å². The Morgan fingerprint density at radius 1 is 1.06 bits per heavy atom. The predicted octanol–water partition coefficient (Wildman–Crippen LogP) is 4.55. The standard InChI is InChI=1S/C23H29N5O2S/c1-15(2)17-8-10-20(11-9-17)30-13-21-26-27-23(28(21)24)31-14-22(29)25-19-7-5-6-18(12-19)16(3)4/h5-12,15-16H,13-14,24H2,1-4H3,(H,25,29). The van der Waals surface area contributed by atoms with E-state index in [-0.39, 0.29) is 18.3 Å². The van der Waals surface area contributed by atoms with Gasteiger partial charge < -0.3 is 15.9 Å². The van der Waals surface area contributed by atoms with Gasteiger partial charge in [-0.05, 0) is 47.2 Å². The van der Waals surface area contributed by atoms with Gasteiger partial charge in [-0.25, -0.2) is 4.68 Å². The normalized spacial score (nSPS) is 11.2. The quantitative estimate of drug-likeness (QED) is 0.375. The second-order valence-corrected chi connectivity index (χ2v) is 8.84. The maximum absolute atomic E-state index is 12.3. The molecule has 2 aromatic carbocycles. The van der Waals surface area contributed by atoms with Crippen molar-refractivity contribution in [2.45, 2.75) is 51.3 Å². The molecule has 0 spiro atoms. The van der Waals surface area contributed by atoms with Crippen LogP contribution >= 0.6 is 11.8 Å². The van der Waals surface area contributed by atoms with E-state index in [9.17, 15) is 4.79 Å². The fraction of sp³-hybridized carbons (Fsp3) is 0.348. The lowest BCUT2D eigenvalue weighted by molar-refractivity contribution is -0.113. The van der Waals surface area contributed by atoms with Crippen molar-refractivity contribution < 1.29 is 9.53 Å². The molecule has 0 aliphatic heterocycles. The van der Waals surface area contributed by atoms with Crippen molar-refractivity contribution in [3.05, 3.63) is 65.5 Å². The van der Waals surface area contributed by atoms with Gasteiger partial charge in [0.15, 0.2) is 5.82 Å². The average molecular weight is 440 g/mol. The van der Waals surface area contributed by atoms with E-state index in [0.29, 0.717) is 22.8 Å². The summed E-state index contributed by atoms with van der Waals surface area (Å²) in [6.07, 6.45) is 0. The number of hydrogen-bond acceptors (Lipinski definition) is 6. The molecule has 0 saturated heterocycles. The lowest BCUT2D eigenvalue weighted by atomic mass is 10.0. The third kappa shape index (κ3) is 6.24. The largest absolute Gasteiger partial charge is 0.486 e. The summed E-state index contributed by atoms with van der Waals surface area (Å²) in [4.78, 5) is 12.3. The summed E-state index contributed by atoms with van der Waals surface area (Å²) in [5.41, 5.74) is 3.21. The zero-order chi connectivity index (χ0) is 22.4. The van der Waals surface area contributed by atoms with Crippen LogP contribution in [0.5, 0.6) is 5.75 Å². The molecule has 0 fully saturated rings. The number of nitrogens with one attached hydrogen (secondary N) is 1. The molecule has 0 unspecified atom stereocenters. The first kappa shape index (κ1) is 22.7. The molecule has 0 saturated carbocycles. The van der Waals surface area contributed by atoms with E-state index in [4.69, 9.17) is 10.6 Å². The molecule has 3 N–H and O–H groups in total. The lowest BCUT2D eigenvalue weighted by Crippen LogP contribution is -2.18. The first-order chi connectivity index (χ1) is 14.8. The second-order valence-electron chi connectivity index (χ2n) is 7.90. The molecule has 1 heterocycles. The lowest BCUT2D eigenvalue weighted by Gasteiger charge is -2.10. The highest BCUT2D eigenvalue weighted by Crippen LogP contribution is 2.21. The Balaban J connectivity index is 1.51. The van der Waals surface area contributed by atoms with E-state index in [1.165, 1.54) is 27.6 Å². The summed E-state index contributed by atoms with van der Waals surface area (Å²) in [6.45, 7) is 8.73. The minimum Gasteiger partial charge on any atom is -0.486 e. The van der Waals surface area contributed by atoms with Crippen molar-refractivity contribution >= 4 is 23.4 Å². The monoisotopic (exact) mass is 439 g/mol. The zero-order valence-electron chi connectivity index (χ0n) is 18.3. The number of carbonyl (C=O) groups excluding carboxylic acids is 1. The number of thioether (sulfide) groups is 1. The molecule has 0 bridgehead atoms. The Labute approximate surface area is 187 Å². The second kappa shape index (κ2) is 10.3. The summed E-state index contributed by atoms with van der Waals surface area (Å²) < 4.78 is 7.13. The number of anilines is 1. The molecule has 8 heteroatoms. The molecule has 31 heavy (non-hydrogen) atoms. The van der Waals surface area contributed by atoms with Gasteiger partial charge in [0.2, 0.25) is 11.1 Å². The Bertz CT molecular complexity index is 1020. The van der Waals surface area contributed by atoms with Crippen LogP contribution in [-0.4, -0.2) is 26.5 Å². The van der Waals surface area contributed by atoms with Gasteiger partial charge in [0.05, 0.1) is 5.75 Å². The van der Waals surface area contributed by atoms with Gasteiger partial charge in [-0.3, -0.25) is 4.79 Å². The number of rotatable bonds is 9.